The third-order valence-electron chi connectivity index (χ3n) is 4.39. The first-order valence-corrected chi connectivity index (χ1v) is 8.22. The molecule has 0 amide bonds. The van der Waals surface area contributed by atoms with Crippen LogP contribution in [-0.4, -0.2) is 37.5 Å². The summed E-state index contributed by atoms with van der Waals surface area (Å²) in [6.07, 6.45) is 6.39. The highest BCUT2D eigenvalue weighted by atomic mass is 16.5. The molecule has 1 unspecified atom stereocenters. The number of hydrogen-bond donors (Lipinski definition) is 1. The molecule has 20 heavy (non-hydrogen) atoms. The van der Waals surface area contributed by atoms with Crippen LogP contribution in [0.5, 0.6) is 0 Å². The first kappa shape index (κ1) is 17.9. The molecule has 1 rings (SSSR count). The topological polar surface area (TPSA) is 30.5 Å². The van der Waals surface area contributed by atoms with Gasteiger partial charge in [0.15, 0.2) is 0 Å². The fourth-order valence-electron chi connectivity index (χ4n) is 3.07. The first-order valence-electron chi connectivity index (χ1n) is 8.22. The van der Waals surface area contributed by atoms with Crippen LogP contribution >= 0.6 is 0 Å². The number of nitrogens with one attached hydrogen (secondary N) is 1. The minimum atomic E-state index is -0.00308. The summed E-state index contributed by atoms with van der Waals surface area (Å²) in [6.45, 7) is 12.7. The highest BCUT2D eigenvalue weighted by molar-refractivity contribution is 4.91. The summed E-state index contributed by atoms with van der Waals surface area (Å²) in [5.41, 5.74) is 0.138. The normalized spacial score (nSPS) is 29.4. The van der Waals surface area contributed by atoms with Crippen molar-refractivity contribution in [3.05, 3.63) is 0 Å². The first-order chi connectivity index (χ1) is 9.30. The number of hydrogen-bond acceptors (Lipinski definition) is 3. The predicted molar refractivity (Wildman–Crippen MR) is 85.2 cm³/mol. The molecule has 0 saturated heterocycles. The van der Waals surface area contributed by atoms with Gasteiger partial charge in [-0.2, -0.15) is 0 Å². The maximum absolute atomic E-state index is 6.42. The van der Waals surface area contributed by atoms with E-state index < -0.39 is 0 Å². The Kier molecular flexibility index (Phi) is 6.96. The molecule has 0 heterocycles. The van der Waals surface area contributed by atoms with Gasteiger partial charge in [-0.1, -0.05) is 13.3 Å². The minimum Gasteiger partial charge on any atom is -0.382 e. The van der Waals surface area contributed by atoms with Crippen LogP contribution in [0.3, 0.4) is 0 Å². The van der Waals surface area contributed by atoms with E-state index in [1.54, 1.807) is 7.11 Å². The van der Waals surface area contributed by atoms with Crippen LogP contribution in [0, 0.1) is 5.92 Å². The SMILES string of the molecule is CCC1CCC(CNC(C)(C)C)(OC(C)COC)CC1. The van der Waals surface area contributed by atoms with Crippen molar-refractivity contribution in [3.63, 3.8) is 0 Å². The zero-order chi connectivity index (χ0) is 15.2. The highest BCUT2D eigenvalue weighted by Crippen LogP contribution is 2.37. The van der Waals surface area contributed by atoms with Crippen molar-refractivity contribution in [2.75, 3.05) is 20.3 Å². The summed E-state index contributed by atoms with van der Waals surface area (Å²) in [5, 5.41) is 3.65. The van der Waals surface area contributed by atoms with E-state index in [2.05, 4.69) is 39.9 Å². The van der Waals surface area contributed by atoms with Gasteiger partial charge in [-0.25, -0.2) is 0 Å². The van der Waals surface area contributed by atoms with E-state index in [-0.39, 0.29) is 17.2 Å². The molecule has 1 saturated carbocycles. The number of rotatable bonds is 7. The molecule has 0 spiro atoms. The van der Waals surface area contributed by atoms with E-state index >= 15 is 0 Å². The third kappa shape index (κ3) is 6.11. The van der Waals surface area contributed by atoms with Crippen LogP contribution in [0.1, 0.15) is 66.7 Å². The molecular weight excluding hydrogens is 250 g/mol. The van der Waals surface area contributed by atoms with Gasteiger partial charge in [0.05, 0.1) is 18.3 Å². The summed E-state index contributed by atoms with van der Waals surface area (Å²) < 4.78 is 11.7. The fourth-order valence-corrected chi connectivity index (χ4v) is 3.07. The Balaban J connectivity index is 2.63. The van der Waals surface area contributed by atoms with Crippen molar-refractivity contribution in [2.45, 2.75) is 84.0 Å². The van der Waals surface area contributed by atoms with Crippen molar-refractivity contribution in [1.29, 1.82) is 0 Å². The monoisotopic (exact) mass is 285 g/mol. The molecule has 3 nitrogen and oxygen atoms in total. The van der Waals surface area contributed by atoms with E-state index in [0.29, 0.717) is 6.61 Å². The highest BCUT2D eigenvalue weighted by Gasteiger charge is 2.37. The molecule has 0 aromatic heterocycles. The lowest BCUT2D eigenvalue weighted by Gasteiger charge is -2.43. The maximum atomic E-state index is 6.42. The van der Waals surface area contributed by atoms with Crippen LogP contribution in [0.4, 0.5) is 0 Å². The van der Waals surface area contributed by atoms with Gasteiger partial charge in [0.25, 0.3) is 0 Å². The molecule has 1 N–H and O–H groups in total. The molecule has 1 atom stereocenters. The van der Waals surface area contributed by atoms with Gasteiger partial charge in [-0.15, -0.1) is 0 Å². The van der Waals surface area contributed by atoms with Gasteiger partial charge in [0.1, 0.15) is 0 Å². The Morgan fingerprint density at radius 1 is 1.25 bits per heavy atom. The average molecular weight is 285 g/mol. The standard InChI is InChI=1S/C17H35NO2/c1-7-15-8-10-17(11-9-15,13-18-16(3,4)5)20-14(2)12-19-6/h14-15,18H,7-13H2,1-6H3. The predicted octanol–water partition coefficient (Wildman–Crippen LogP) is 3.77. The van der Waals surface area contributed by atoms with E-state index in [1.807, 2.05) is 0 Å². The lowest BCUT2D eigenvalue weighted by Crippen LogP contribution is -2.52. The van der Waals surface area contributed by atoms with Crippen molar-refractivity contribution in [3.8, 4) is 0 Å². The zero-order valence-electron chi connectivity index (χ0n) is 14.4. The molecule has 0 aliphatic heterocycles. The molecule has 3 heteroatoms. The Labute approximate surface area is 125 Å². The Hall–Kier alpha value is -0.120. The van der Waals surface area contributed by atoms with Gasteiger partial charge in [-0.3, -0.25) is 0 Å². The van der Waals surface area contributed by atoms with E-state index in [0.717, 1.165) is 12.5 Å². The van der Waals surface area contributed by atoms with E-state index in [4.69, 9.17) is 9.47 Å². The Morgan fingerprint density at radius 3 is 2.30 bits per heavy atom. The van der Waals surface area contributed by atoms with Gasteiger partial charge in [0, 0.05) is 19.2 Å². The van der Waals surface area contributed by atoms with Crippen LogP contribution in [0.25, 0.3) is 0 Å². The minimum absolute atomic E-state index is 0.00308. The molecule has 1 aliphatic rings. The third-order valence-corrected chi connectivity index (χ3v) is 4.39. The molecule has 1 aliphatic carbocycles. The summed E-state index contributed by atoms with van der Waals surface area (Å²) in [6, 6.07) is 0. The van der Waals surface area contributed by atoms with Gasteiger partial charge < -0.3 is 14.8 Å². The van der Waals surface area contributed by atoms with Crippen LogP contribution in [-0.2, 0) is 9.47 Å². The molecule has 0 aromatic rings. The fraction of sp³-hybridized carbons (Fsp3) is 1.00. The van der Waals surface area contributed by atoms with Gasteiger partial charge in [-0.05, 0) is 59.3 Å². The summed E-state index contributed by atoms with van der Waals surface area (Å²) in [7, 11) is 1.74. The number of ether oxygens (including phenoxy) is 2. The second-order valence-corrected chi connectivity index (χ2v) is 7.52. The Morgan fingerprint density at radius 2 is 1.85 bits per heavy atom. The summed E-state index contributed by atoms with van der Waals surface area (Å²) in [4.78, 5) is 0. The second kappa shape index (κ2) is 7.77. The van der Waals surface area contributed by atoms with Crippen molar-refractivity contribution >= 4 is 0 Å². The molecule has 0 bridgehead atoms. The lowest BCUT2D eigenvalue weighted by molar-refractivity contribution is -0.129. The van der Waals surface area contributed by atoms with E-state index in [1.165, 1.54) is 32.1 Å². The maximum Gasteiger partial charge on any atom is 0.0811 e. The van der Waals surface area contributed by atoms with Crippen LogP contribution < -0.4 is 5.32 Å². The van der Waals surface area contributed by atoms with Crippen molar-refractivity contribution in [1.82, 2.24) is 5.32 Å². The lowest BCUT2D eigenvalue weighted by atomic mass is 9.77. The van der Waals surface area contributed by atoms with Crippen molar-refractivity contribution in [2.24, 2.45) is 5.92 Å². The molecule has 0 radical (unpaired) electrons. The number of methoxy groups -OCH3 is 1. The molecular formula is C17H35NO2. The Bertz CT molecular complexity index is 265. The smallest absolute Gasteiger partial charge is 0.0811 e. The van der Waals surface area contributed by atoms with Crippen molar-refractivity contribution < 1.29 is 9.47 Å². The zero-order valence-corrected chi connectivity index (χ0v) is 14.4. The van der Waals surface area contributed by atoms with E-state index in [9.17, 15) is 0 Å². The average Bonchev–Trinajstić information content (AvgIpc) is 2.37. The quantitative estimate of drug-likeness (QED) is 0.772. The van der Waals surface area contributed by atoms with Crippen LogP contribution in [0.15, 0.2) is 0 Å². The summed E-state index contributed by atoms with van der Waals surface area (Å²) >= 11 is 0. The largest absolute Gasteiger partial charge is 0.382 e. The van der Waals surface area contributed by atoms with Gasteiger partial charge >= 0.3 is 0 Å². The van der Waals surface area contributed by atoms with Crippen LogP contribution in [0.2, 0.25) is 0 Å². The molecule has 120 valence electrons. The van der Waals surface area contributed by atoms with Gasteiger partial charge in [0.2, 0.25) is 0 Å². The molecule has 0 aromatic carbocycles. The molecule has 1 fully saturated rings. The summed E-state index contributed by atoms with van der Waals surface area (Å²) in [5.74, 6) is 0.888. The second-order valence-electron chi connectivity index (χ2n) is 7.52.